The Morgan fingerprint density at radius 3 is 2.61 bits per heavy atom. The Hall–Kier alpha value is -2.51. The summed E-state index contributed by atoms with van der Waals surface area (Å²) in [6.45, 7) is 5.42. The van der Waals surface area contributed by atoms with E-state index in [1.165, 1.54) is 12.1 Å². The summed E-state index contributed by atoms with van der Waals surface area (Å²) in [7, 11) is 0. The summed E-state index contributed by atoms with van der Waals surface area (Å²) in [5, 5.41) is 3.35. The molecule has 1 aliphatic carbocycles. The van der Waals surface area contributed by atoms with Gasteiger partial charge in [0, 0.05) is 31.1 Å². The minimum Gasteiger partial charge on any atom is -0.406 e. The summed E-state index contributed by atoms with van der Waals surface area (Å²) in [6.07, 6.45) is -1.79. The summed E-state index contributed by atoms with van der Waals surface area (Å²) in [5.74, 6) is 2.83. The molecule has 1 fully saturated rings. The van der Waals surface area contributed by atoms with E-state index >= 15 is 0 Å². The summed E-state index contributed by atoms with van der Waals surface area (Å²) < 4.78 is 41.4. The Balaban J connectivity index is 1.56. The smallest absolute Gasteiger partial charge is 0.406 e. The van der Waals surface area contributed by atoms with Gasteiger partial charge in [-0.1, -0.05) is 6.07 Å². The second-order valence-electron chi connectivity index (χ2n) is 7.69. The van der Waals surface area contributed by atoms with Crippen molar-refractivity contribution in [3.63, 3.8) is 0 Å². The maximum Gasteiger partial charge on any atom is 0.573 e. The summed E-state index contributed by atoms with van der Waals surface area (Å²) >= 11 is 0. The second-order valence-corrected chi connectivity index (χ2v) is 7.69. The first kappa shape index (κ1) is 18.8. The van der Waals surface area contributed by atoms with Gasteiger partial charge in [0.15, 0.2) is 0 Å². The number of hydrogen-bond acceptors (Lipinski definition) is 5. The molecule has 1 aromatic heterocycles. The van der Waals surface area contributed by atoms with E-state index in [0.29, 0.717) is 25.4 Å². The van der Waals surface area contributed by atoms with Crippen LogP contribution in [0.5, 0.6) is 5.75 Å². The predicted octanol–water partition coefficient (Wildman–Crippen LogP) is 4.64. The molecule has 1 aromatic carbocycles. The fourth-order valence-electron chi connectivity index (χ4n) is 3.43. The molecule has 4 rings (SSSR count). The third kappa shape index (κ3) is 4.48. The number of alkyl halides is 3. The van der Waals surface area contributed by atoms with Gasteiger partial charge in [0.2, 0.25) is 0 Å². The number of halogens is 3. The van der Waals surface area contributed by atoms with Crippen LogP contribution in [0.25, 0.3) is 0 Å². The van der Waals surface area contributed by atoms with Gasteiger partial charge in [-0.25, -0.2) is 9.97 Å². The highest BCUT2D eigenvalue weighted by Gasteiger charge is 2.32. The van der Waals surface area contributed by atoms with Crippen LogP contribution in [0.1, 0.15) is 49.6 Å². The molecule has 2 aromatic rings. The van der Waals surface area contributed by atoms with Crippen molar-refractivity contribution < 1.29 is 17.9 Å². The van der Waals surface area contributed by atoms with E-state index in [1.807, 2.05) is 6.07 Å². The van der Waals surface area contributed by atoms with E-state index in [1.54, 1.807) is 6.07 Å². The summed E-state index contributed by atoms with van der Waals surface area (Å²) in [6, 6.07) is 6.79. The Bertz CT molecular complexity index is 865. The molecule has 0 unspecified atom stereocenters. The first-order chi connectivity index (χ1) is 13.3. The van der Waals surface area contributed by atoms with Crippen molar-refractivity contribution in [1.29, 1.82) is 0 Å². The van der Waals surface area contributed by atoms with E-state index in [4.69, 9.17) is 4.98 Å². The van der Waals surface area contributed by atoms with Gasteiger partial charge in [-0.15, -0.1) is 13.2 Å². The van der Waals surface area contributed by atoms with Crippen LogP contribution < -0.4 is 15.0 Å². The summed E-state index contributed by atoms with van der Waals surface area (Å²) in [4.78, 5) is 11.6. The van der Waals surface area contributed by atoms with Crippen LogP contribution in [0, 0.1) is 0 Å². The minimum absolute atomic E-state index is 0.166. The lowest BCUT2D eigenvalue weighted by Gasteiger charge is -2.30. The lowest BCUT2D eigenvalue weighted by atomic mass is 9.99. The Morgan fingerprint density at radius 1 is 1.14 bits per heavy atom. The van der Waals surface area contributed by atoms with E-state index < -0.39 is 6.36 Å². The standard InChI is InChI=1S/C20H23F3N4O/c1-12(2)24-17-10-18(26-19(25-17)13-3-4-13)27-8-7-14-9-16(28-20(21,22)23)6-5-15(14)11-27/h5-6,9-10,12-13H,3-4,7-8,11H2,1-2H3,(H,24,25,26). The molecule has 5 nitrogen and oxygen atoms in total. The highest BCUT2D eigenvalue weighted by Crippen LogP contribution is 2.39. The van der Waals surface area contributed by atoms with Crippen LogP contribution in [-0.4, -0.2) is 28.9 Å². The second kappa shape index (κ2) is 7.14. The third-order valence-electron chi connectivity index (χ3n) is 4.86. The van der Waals surface area contributed by atoms with Crippen molar-refractivity contribution in [3.8, 4) is 5.75 Å². The molecule has 2 heterocycles. The molecule has 28 heavy (non-hydrogen) atoms. The van der Waals surface area contributed by atoms with Crippen LogP contribution in [0.2, 0.25) is 0 Å². The van der Waals surface area contributed by atoms with Gasteiger partial charge >= 0.3 is 6.36 Å². The van der Waals surface area contributed by atoms with E-state index in [-0.39, 0.29) is 11.8 Å². The number of hydrogen-bond donors (Lipinski definition) is 1. The summed E-state index contributed by atoms with van der Waals surface area (Å²) in [5.41, 5.74) is 1.88. The maximum atomic E-state index is 12.4. The number of fused-ring (bicyclic) bond motifs is 1. The molecule has 1 aliphatic heterocycles. The number of aromatic nitrogens is 2. The molecule has 8 heteroatoms. The molecule has 0 bridgehead atoms. The van der Waals surface area contributed by atoms with Gasteiger partial charge in [0.25, 0.3) is 0 Å². The fraction of sp³-hybridized carbons (Fsp3) is 0.500. The molecule has 150 valence electrons. The topological polar surface area (TPSA) is 50.3 Å². The van der Waals surface area contributed by atoms with Crippen LogP contribution in [0.15, 0.2) is 24.3 Å². The van der Waals surface area contributed by atoms with Crippen LogP contribution >= 0.6 is 0 Å². The molecule has 1 N–H and O–H groups in total. The molecule has 2 aliphatic rings. The highest BCUT2D eigenvalue weighted by molar-refractivity contribution is 5.53. The van der Waals surface area contributed by atoms with Gasteiger partial charge in [-0.05, 0) is 56.4 Å². The zero-order chi connectivity index (χ0) is 19.9. The first-order valence-electron chi connectivity index (χ1n) is 9.55. The molecule has 0 atom stereocenters. The van der Waals surface area contributed by atoms with Crippen molar-refractivity contribution in [1.82, 2.24) is 9.97 Å². The average molecular weight is 392 g/mol. The number of nitrogens with one attached hydrogen (secondary N) is 1. The van der Waals surface area contributed by atoms with Gasteiger partial charge in [0.1, 0.15) is 23.2 Å². The zero-order valence-corrected chi connectivity index (χ0v) is 15.9. The van der Waals surface area contributed by atoms with Crippen LogP contribution in [0.4, 0.5) is 24.8 Å². The quantitative estimate of drug-likeness (QED) is 0.804. The van der Waals surface area contributed by atoms with E-state index in [9.17, 15) is 13.2 Å². The minimum atomic E-state index is -4.67. The van der Waals surface area contributed by atoms with Gasteiger partial charge in [-0.3, -0.25) is 0 Å². The lowest BCUT2D eigenvalue weighted by molar-refractivity contribution is -0.274. The van der Waals surface area contributed by atoms with Gasteiger partial charge < -0.3 is 15.0 Å². The average Bonchev–Trinajstić information content (AvgIpc) is 3.44. The van der Waals surface area contributed by atoms with Crippen LogP contribution in [-0.2, 0) is 13.0 Å². The molecule has 0 radical (unpaired) electrons. The number of nitrogens with zero attached hydrogens (tertiary/aromatic N) is 3. The van der Waals surface area contributed by atoms with Gasteiger partial charge in [-0.2, -0.15) is 0 Å². The van der Waals surface area contributed by atoms with Crippen molar-refractivity contribution in [2.75, 3.05) is 16.8 Å². The highest BCUT2D eigenvalue weighted by atomic mass is 19.4. The van der Waals surface area contributed by atoms with Crippen LogP contribution in [0.3, 0.4) is 0 Å². The van der Waals surface area contributed by atoms with Crippen molar-refractivity contribution in [2.24, 2.45) is 0 Å². The maximum absolute atomic E-state index is 12.4. The lowest BCUT2D eigenvalue weighted by Crippen LogP contribution is -2.31. The Kier molecular flexibility index (Phi) is 4.81. The monoisotopic (exact) mass is 392 g/mol. The van der Waals surface area contributed by atoms with Gasteiger partial charge in [0.05, 0.1) is 0 Å². The third-order valence-corrected chi connectivity index (χ3v) is 4.86. The molecular weight excluding hydrogens is 369 g/mol. The molecule has 0 amide bonds. The van der Waals surface area contributed by atoms with Crippen molar-refractivity contribution >= 4 is 11.6 Å². The predicted molar refractivity (Wildman–Crippen MR) is 101 cm³/mol. The van der Waals surface area contributed by atoms with Crippen molar-refractivity contribution in [3.05, 3.63) is 41.2 Å². The Labute approximate surface area is 161 Å². The largest absolute Gasteiger partial charge is 0.573 e. The number of anilines is 2. The molecule has 0 saturated heterocycles. The van der Waals surface area contributed by atoms with E-state index in [2.05, 4.69) is 33.8 Å². The molecular formula is C20H23F3N4O. The van der Waals surface area contributed by atoms with Crippen molar-refractivity contribution in [2.45, 2.75) is 58.0 Å². The zero-order valence-electron chi connectivity index (χ0n) is 15.9. The fourth-order valence-corrected chi connectivity index (χ4v) is 3.43. The first-order valence-corrected chi connectivity index (χ1v) is 9.55. The SMILES string of the molecule is CC(C)Nc1cc(N2CCc3cc(OC(F)(F)F)ccc3C2)nc(C2CC2)n1. The number of benzene rings is 1. The Morgan fingerprint density at radius 2 is 1.93 bits per heavy atom. The molecule has 0 spiro atoms. The number of ether oxygens (including phenoxy) is 1. The number of rotatable bonds is 5. The molecule has 1 saturated carbocycles. The van der Waals surface area contributed by atoms with E-state index in [0.717, 1.165) is 41.4 Å². The normalized spacial score (nSPS) is 16.9.